The lowest BCUT2D eigenvalue weighted by Gasteiger charge is -2.19. The van der Waals surface area contributed by atoms with Crippen LogP contribution in [0.4, 0.5) is 0 Å². The van der Waals surface area contributed by atoms with E-state index in [-0.39, 0.29) is 29.6 Å². The summed E-state index contributed by atoms with van der Waals surface area (Å²) >= 11 is 1.49. The van der Waals surface area contributed by atoms with Crippen molar-refractivity contribution in [1.29, 1.82) is 0 Å². The molecule has 0 bridgehead atoms. The van der Waals surface area contributed by atoms with Crippen LogP contribution in [0, 0.1) is 0 Å². The zero-order valence-electron chi connectivity index (χ0n) is 13.1. The number of hydrogen-bond donors (Lipinski definition) is 2. The fourth-order valence-electron chi connectivity index (χ4n) is 2.62. The first-order valence-corrected chi connectivity index (χ1v) is 8.27. The molecule has 2 aromatic heterocycles. The molecule has 0 saturated carbocycles. The number of amides is 1. The molecule has 1 amide bonds. The Morgan fingerprint density at radius 1 is 1.50 bits per heavy atom. The predicted molar refractivity (Wildman–Crippen MR) is 89.3 cm³/mol. The van der Waals surface area contributed by atoms with Crippen LogP contribution in [-0.2, 0) is 11.8 Å². The second-order valence-electron chi connectivity index (χ2n) is 5.39. The van der Waals surface area contributed by atoms with Crippen LogP contribution < -0.4 is 11.2 Å². The van der Waals surface area contributed by atoms with Gasteiger partial charge in [0.05, 0.1) is 11.8 Å². The summed E-state index contributed by atoms with van der Waals surface area (Å²) in [5.74, 6) is -0.637. The molecule has 126 valence electrons. The number of H-pyrrole nitrogens is 1. The highest BCUT2D eigenvalue weighted by Crippen LogP contribution is 2.35. The number of nitrogens with one attached hydrogen (secondary N) is 1. The first kappa shape index (κ1) is 16.2. The number of aromatic hydroxyl groups is 1. The second kappa shape index (κ2) is 6.08. The van der Waals surface area contributed by atoms with Crippen molar-refractivity contribution in [3.8, 4) is 5.88 Å². The zero-order valence-corrected chi connectivity index (χ0v) is 14.0. The molecule has 0 fully saturated rings. The Morgan fingerprint density at radius 2 is 2.25 bits per heavy atom. The maximum atomic E-state index is 12.2. The van der Waals surface area contributed by atoms with E-state index in [0.717, 1.165) is 9.44 Å². The lowest BCUT2D eigenvalue weighted by Crippen LogP contribution is -2.32. The molecule has 0 aliphatic carbocycles. The van der Waals surface area contributed by atoms with E-state index in [4.69, 9.17) is 0 Å². The Bertz CT molecular complexity index is 926. The third kappa shape index (κ3) is 2.56. The van der Waals surface area contributed by atoms with Gasteiger partial charge in [-0.1, -0.05) is 13.0 Å². The molecule has 9 heteroatoms. The maximum Gasteiger partial charge on any atom is 0.330 e. The first-order chi connectivity index (χ1) is 11.4. The number of carbonyl (C=O) groups is 1. The van der Waals surface area contributed by atoms with Crippen molar-refractivity contribution >= 4 is 23.0 Å². The van der Waals surface area contributed by atoms with E-state index in [1.165, 1.54) is 23.4 Å². The Labute approximate surface area is 140 Å². The van der Waals surface area contributed by atoms with Crippen molar-refractivity contribution in [3.63, 3.8) is 0 Å². The van der Waals surface area contributed by atoms with Gasteiger partial charge in [0.15, 0.2) is 0 Å². The molecule has 0 saturated heterocycles. The largest absolute Gasteiger partial charge is 0.494 e. The molecule has 0 unspecified atom stereocenters. The van der Waals surface area contributed by atoms with Gasteiger partial charge in [-0.25, -0.2) is 9.80 Å². The fourth-order valence-corrected chi connectivity index (χ4v) is 3.44. The third-order valence-corrected chi connectivity index (χ3v) is 4.90. The van der Waals surface area contributed by atoms with Crippen molar-refractivity contribution in [3.05, 3.63) is 48.8 Å². The molecule has 24 heavy (non-hydrogen) atoms. The van der Waals surface area contributed by atoms with Gasteiger partial charge < -0.3 is 5.11 Å². The highest BCUT2D eigenvalue weighted by molar-refractivity contribution is 7.10. The molecule has 1 atom stereocenters. The quantitative estimate of drug-likeness (QED) is 0.860. The van der Waals surface area contributed by atoms with Gasteiger partial charge in [0.1, 0.15) is 5.56 Å². The lowest BCUT2D eigenvalue weighted by atomic mass is 10.0. The average molecular weight is 348 g/mol. The number of hydrogen-bond acceptors (Lipinski definition) is 6. The molecule has 1 aliphatic heterocycles. The molecule has 1 aliphatic rings. The number of thiophene rings is 1. The Morgan fingerprint density at radius 3 is 2.88 bits per heavy atom. The molecule has 3 heterocycles. The number of hydrazone groups is 1. The molecule has 0 radical (unpaired) electrons. The van der Waals surface area contributed by atoms with Gasteiger partial charge in [-0.3, -0.25) is 19.1 Å². The Kier molecular flexibility index (Phi) is 4.10. The predicted octanol–water partition coefficient (Wildman–Crippen LogP) is 0.928. The Balaban J connectivity index is 2.10. The summed E-state index contributed by atoms with van der Waals surface area (Å²) in [5, 5.41) is 17.7. The summed E-state index contributed by atoms with van der Waals surface area (Å²) in [7, 11) is 1.35. The molecule has 2 N–H and O–H groups in total. The summed E-state index contributed by atoms with van der Waals surface area (Å²) in [6.07, 6.45) is 0.565. The smallest absolute Gasteiger partial charge is 0.330 e. The molecular formula is C15H16N4O4S. The van der Waals surface area contributed by atoms with Crippen LogP contribution in [0.3, 0.4) is 0 Å². The first-order valence-electron chi connectivity index (χ1n) is 7.39. The minimum atomic E-state index is -0.718. The minimum Gasteiger partial charge on any atom is -0.494 e. The number of rotatable bonds is 3. The lowest BCUT2D eigenvalue weighted by molar-refractivity contribution is -0.132. The van der Waals surface area contributed by atoms with E-state index in [1.807, 2.05) is 17.5 Å². The van der Waals surface area contributed by atoms with Crippen LogP contribution >= 0.6 is 11.3 Å². The van der Waals surface area contributed by atoms with Gasteiger partial charge >= 0.3 is 5.69 Å². The SMILES string of the molecule is CCC(=O)N1N=C(c2c(O)n(C)c(=O)[nH]c2=O)C[C@H]1c1cccs1. The summed E-state index contributed by atoms with van der Waals surface area (Å²) in [6, 6.07) is 3.46. The molecule has 2 aromatic rings. The van der Waals surface area contributed by atoms with Crippen molar-refractivity contribution < 1.29 is 9.90 Å². The van der Waals surface area contributed by atoms with Gasteiger partial charge in [-0.15, -0.1) is 11.3 Å². The second-order valence-corrected chi connectivity index (χ2v) is 6.37. The maximum absolute atomic E-state index is 12.2. The van der Waals surface area contributed by atoms with E-state index >= 15 is 0 Å². The van der Waals surface area contributed by atoms with Gasteiger partial charge in [0.2, 0.25) is 11.8 Å². The number of aromatic nitrogens is 2. The van der Waals surface area contributed by atoms with Crippen LogP contribution in [0.25, 0.3) is 0 Å². The third-order valence-electron chi connectivity index (χ3n) is 3.92. The van der Waals surface area contributed by atoms with Gasteiger partial charge in [0.25, 0.3) is 5.56 Å². The van der Waals surface area contributed by atoms with Crippen molar-refractivity contribution in [2.24, 2.45) is 12.1 Å². The van der Waals surface area contributed by atoms with E-state index in [9.17, 15) is 19.5 Å². The minimum absolute atomic E-state index is 0.0786. The fraction of sp³-hybridized carbons (Fsp3) is 0.333. The van der Waals surface area contributed by atoms with E-state index in [1.54, 1.807) is 6.92 Å². The summed E-state index contributed by atoms with van der Waals surface area (Å²) in [5.41, 5.74) is -1.23. The van der Waals surface area contributed by atoms with Crippen LogP contribution in [-0.4, -0.2) is 31.3 Å². The van der Waals surface area contributed by atoms with E-state index in [0.29, 0.717) is 6.42 Å². The molecule has 0 aromatic carbocycles. The van der Waals surface area contributed by atoms with Gasteiger partial charge in [0, 0.05) is 24.8 Å². The summed E-state index contributed by atoms with van der Waals surface area (Å²) in [6.45, 7) is 1.73. The van der Waals surface area contributed by atoms with Crippen molar-refractivity contribution in [2.75, 3.05) is 0 Å². The molecule has 8 nitrogen and oxygen atoms in total. The van der Waals surface area contributed by atoms with Gasteiger partial charge in [-0.2, -0.15) is 5.10 Å². The van der Waals surface area contributed by atoms with E-state index in [2.05, 4.69) is 10.1 Å². The normalized spacial score (nSPS) is 17.2. The standard InChI is InChI=1S/C15H16N4O4S/c1-3-11(20)19-9(10-5-4-6-24-10)7-8(17-19)12-13(21)16-15(23)18(2)14(12)22/h4-6,9,22H,3,7H2,1-2H3,(H,16,21,23)/t9-/m0/s1. The molecular weight excluding hydrogens is 332 g/mol. The molecule has 3 rings (SSSR count). The summed E-state index contributed by atoms with van der Waals surface area (Å²) < 4.78 is 0.934. The average Bonchev–Trinajstić information content (AvgIpc) is 3.21. The van der Waals surface area contributed by atoms with Crippen LogP contribution in [0.1, 0.15) is 36.2 Å². The highest BCUT2D eigenvalue weighted by atomic mass is 32.1. The zero-order chi connectivity index (χ0) is 17.4. The van der Waals surface area contributed by atoms with Crippen molar-refractivity contribution in [2.45, 2.75) is 25.8 Å². The van der Waals surface area contributed by atoms with Crippen LogP contribution in [0.5, 0.6) is 5.88 Å². The molecule has 0 spiro atoms. The van der Waals surface area contributed by atoms with Gasteiger partial charge in [-0.05, 0) is 11.4 Å². The van der Waals surface area contributed by atoms with Crippen molar-refractivity contribution in [1.82, 2.24) is 14.6 Å². The van der Waals surface area contributed by atoms with Crippen LogP contribution in [0.2, 0.25) is 0 Å². The number of aromatic amines is 1. The topological polar surface area (TPSA) is 108 Å². The number of carbonyl (C=O) groups excluding carboxylic acids is 1. The van der Waals surface area contributed by atoms with Crippen LogP contribution in [0.15, 0.2) is 32.2 Å². The summed E-state index contributed by atoms with van der Waals surface area (Å²) in [4.78, 5) is 39.0. The highest BCUT2D eigenvalue weighted by Gasteiger charge is 2.35. The number of nitrogens with zero attached hydrogens (tertiary/aromatic N) is 3. The Hall–Kier alpha value is -2.68. The van der Waals surface area contributed by atoms with E-state index < -0.39 is 17.1 Å². The monoisotopic (exact) mass is 348 g/mol.